The molecule has 0 spiro atoms. The predicted octanol–water partition coefficient (Wildman–Crippen LogP) is 2.94. The molecule has 0 aromatic carbocycles. The molecule has 1 heterocycles. The van der Waals surface area contributed by atoms with Crippen LogP contribution in [0.4, 0.5) is 0 Å². The van der Waals surface area contributed by atoms with Gasteiger partial charge in [-0.25, -0.2) is 4.98 Å². The lowest BCUT2D eigenvalue weighted by Gasteiger charge is -1.90. The molecule has 0 atom stereocenters. The van der Waals surface area contributed by atoms with Crippen molar-refractivity contribution in [2.24, 2.45) is 0 Å². The second kappa shape index (κ2) is 5.46. The molecular formula is C10H12ClN3. The van der Waals surface area contributed by atoms with Crippen molar-refractivity contribution in [1.82, 2.24) is 9.97 Å². The quantitative estimate of drug-likeness (QED) is 0.776. The van der Waals surface area contributed by atoms with Crippen LogP contribution in [0.25, 0.3) is 6.08 Å². The van der Waals surface area contributed by atoms with E-state index in [2.05, 4.69) is 16.9 Å². The molecule has 0 saturated heterocycles. The number of allylic oxidation sites excluding steroid dienone is 1. The molecule has 1 N–H and O–H groups in total. The van der Waals surface area contributed by atoms with Gasteiger partial charge >= 0.3 is 0 Å². The molecule has 0 radical (unpaired) electrons. The van der Waals surface area contributed by atoms with Crippen molar-refractivity contribution < 1.29 is 0 Å². The van der Waals surface area contributed by atoms with Gasteiger partial charge in [-0.3, -0.25) is 0 Å². The van der Waals surface area contributed by atoms with E-state index in [9.17, 15) is 0 Å². The monoisotopic (exact) mass is 209 g/mol. The smallest absolute Gasteiger partial charge is 0.133 e. The molecule has 0 aliphatic heterocycles. The Kier molecular flexibility index (Phi) is 4.21. The zero-order chi connectivity index (χ0) is 10.4. The fourth-order valence-electron chi connectivity index (χ4n) is 1.10. The van der Waals surface area contributed by atoms with Crippen LogP contribution in [0.3, 0.4) is 0 Å². The lowest BCUT2D eigenvalue weighted by molar-refractivity contribution is 0.762. The maximum atomic E-state index is 8.35. The van der Waals surface area contributed by atoms with Gasteiger partial charge in [-0.1, -0.05) is 24.9 Å². The van der Waals surface area contributed by atoms with Gasteiger partial charge < -0.3 is 4.98 Å². The van der Waals surface area contributed by atoms with Crippen LogP contribution in [0.2, 0.25) is 5.15 Å². The Balaban J connectivity index is 2.73. The van der Waals surface area contributed by atoms with Crippen molar-refractivity contribution in [3.8, 4) is 6.07 Å². The Morgan fingerprint density at radius 2 is 2.43 bits per heavy atom. The summed E-state index contributed by atoms with van der Waals surface area (Å²) in [6.07, 6.45) is 6.09. The summed E-state index contributed by atoms with van der Waals surface area (Å²) < 4.78 is 0. The SMILES string of the molecule is CCCCc1nc(C=CC#N)c(Cl)[nH]1. The third-order valence-corrected chi connectivity index (χ3v) is 2.11. The minimum atomic E-state index is 0.502. The highest BCUT2D eigenvalue weighted by Gasteiger charge is 2.04. The largest absolute Gasteiger partial charge is 0.333 e. The van der Waals surface area contributed by atoms with E-state index < -0.39 is 0 Å². The maximum Gasteiger partial charge on any atom is 0.133 e. The zero-order valence-electron chi connectivity index (χ0n) is 8.05. The number of hydrogen-bond donors (Lipinski definition) is 1. The number of imidazole rings is 1. The number of hydrogen-bond acceptors (Lipinski definition) is 2. The van der Waals surface area contributed by atoms with Gasteiger partial charge in [0.2, 0.25) is 0 Å². The summed E-state index contributed by atoms with van der Waals surface area (Å²) in [6.45, 7) is 2.13. The number of H-pyrrole nitrogens is 1. The molecule has 1 rings (SSSR count). The molecule has 74 valence electrons. The first kappa shape index (κ1) is 10.8. The summed E-state index contributed by atoms with van der Waals surface area (Å²) in [5, 5.41) is 8.85. The number of aryl methyl sites for hydroxylation is 1. The highest BCUT2D eigenvalue weighted by molar-refractivity contribution is 6.30. The number of nitriles is 1. The van der Waals surface area contributed by atoms with E-state index in [1.807, 2.05) is 6.07 Å². The lowest BCUT2D eigenvalue weighted by Crippen LogP contribution is -1.86. The van der Waals surface area contributed by atoms with Crippen LogP contribution in [0, 0.1) is 11.3 Å². The molecule has 0 unspecified atom stereocenters. The average Bonchev–Trinajstić information content (AvgIpc) is 2.53. The van der Waals surface area contributed by atoms with E-state index in [-0.39, 0.29) is 0 Å². The fraction of sp³-hybridized carbons (Fsp3) is 0.400. The zero-order valence-corrected chi connectivity index (χ0v) is 8.80. The number of halogens is 1. The number of aromatic amines is 1. The summed E-state index contributed by atoms with van der Waals surface area (Å²) in [5.74, 6) is 0.884. The van der Waals surface area contributed by atoms with Crippen LogP contribution in [-0.2, 0) is 6.42 Å². The summed E-state index contributed by atoms with van der Waals surface area (Å²) in [6, 6.07) is 1.90. The second-order valence-electron chi connectivity index (χ2n) is 2.95. The predicted molar refractivity (Wildman–Crippen MR) is 56.9 cm³/mol. The van der Waals surface area contributed by atoms with Gasteiger partial charge in [0.25, 0.3) is 0 Å². The number of nitrogens with zero attached hydrogens (tertiary/aromatic N) is 2. The first-order valence-electron chi connectivity index (χ1n) is 4.58. The highest BCUT2D eigenvalue weighted by atomic mass is 35.5. The minimum absolute atomic E-state index is 0.502. The van der Waals surface area contributed by atoms with Gasteiger partial charge in [0, 0.05) is 12.5 Å². The third-order valence-electron chi connectivity index (χ3n) is 1.82. The molecule has 4 heteroatoms. The molecule has 3 nitrogen and oxygen atoms in total. The van der Waals surface area contributed by atoms with Gasteiger partial charge in [-0.15, -0.1) is 0 Å². The number of aromatic nitrogens is 2. The summed E-state index contributed by atoms with van der Waals surface area (Å²) in [4.78, 5) is 7.24. The Labute approximate surface area is 88.4 Å². The van der Waals surface area contributed by atoms with Crippen LogP contribution in [-0.4, -0.2) is 9.97 Å². The first-order chi connectivity index (χ1) is 6.77. The van der Waals surface area contributed by atoms with E-state index in [1.54, 1.807) is 6.08 Å². The molecule has 1 aromatic heterocycles. The van der Waals surface area contributed by atoms with Crippen molar-refractivity contribution >= 4 is 17.7 Å². The molecule has 0 bridgehead atoms. The van der Waals surface area contributed by atoms with E-state index >= 15 is 0 Å². The topological polar surface area (TPSA) is 52.5 Å². The number of unbranched alkanes of at least 4 members (excludes halogenated alkanes) is 1. The summed E-state index contributed by atoms with van der Waals surface area (Å²) in [7, 11) is 0. The normalized spacial score (nSPS) is 10.6. The Morgan fingerprint density at radius 3 is 3.07 bits per heavy atom. The van der Waals surface area contributed by atoms with Crippen LogP contribution in [0.15, 0.2) is 6.08 Å². The average molecular weight is 210 g/mol. The first-order valence-corrected chi connectivity index (χ1v) is 4.96. The van der Waals surface area contributed by atoms with Crippen molar-refractivity contribution in [3.05, 3.63) is 22.7 Å². The van der Waals surface area contributed by atoms with Gasteiger partial charge in [0.15, 0.2) is 0 Å². The second-order valence-corrected chi connectivity index (χ2v) is 3.33. The Morgan fingerprint density at radius 1 is 1.64 bits per heavy atom. The van der Waals surface area contributed by atoms with Crippen LogP contribution in [0.5, 0.6) is 0 Å². The van der Waals surface area contributed by atoms with Crippen molar-refractivity contribution in [2.45, 2.75) is 26.2 Å². The van der Waals surface area contributed by atoms with E-state index in [1.165, 1.54) is 6.08 Å². The van der Waals surface area contributed by atoms with Crippen LogP contribution in [0.1, 0.15) is 31.3 Å². The standard InChI is InChI=1S/C10H12ClN3/c1-2-3-6-9-13-8(5-4-7-12)10(11)14-9/h4-5H,2-3,6H2,1H3,(H,13,14). The van der Waals surface area contributed by atoms with Crippen molar-refractivity contribution in [2.75, 3.05) is 0 Å². The van der Waals surface area contributed by atoms with Crippen LogP contribution < -0.4 is 0 Å². The van der Waals surface area contributed by atoms with Crippen LogP contribution >= 0.6 is 11.6 Å². The van der Waals surface area contributed by atoms with E-state index in [4.69, 9.17) is 16.9 Å². The number of rotatable bonds is 4. The molecular weight excluding hydrogens is 198 g/mol. The molecule has 1 aromatic rings. The van der Waals surface area contributed by atoms with Crippen molar-refractivity contribution in [3.63, 3.8) is 0 Å². The molecule has 14 heavy (non-hydrogen) atoms. The molecule has 0 aliphatic rings. The fourth-order valence-corrected chi connectivity index (χ4v) is 1.32. The molecule has 0 amide bonds. The van der Waals surface area contributed by atoms with E-state index in [0.29, 0.717) is 10.8 Å². The number of nitrogens with one attached hydrogen (secondary N) is 1. The van der Waals surface area contributed by atoms with Gasteiger partial charge in [-0.2, -0.15) is 5.26 Å². The lowest BCUT2D eigenvalue weighted by atomic mass is 10.2. The van der Waals surface area contributed by atoms with Crippen molar-refractivity contribution in [1.29, 1.82) is 5.26 Å². The van der Waals surface area contributed by atoms with Gasteiger partial charge in [0.1, 0.15) is 16.7 Å². The summed E-state index contributed by atoms with van der Waals surface area (Å²) in [5.41, 5.74) is 0.638. The minimum Gasteiger partial charge on any atom is -0.333 e. The third kappa shape index (κ3) is 2.90. The Hall–Kier alpha value is -1.27. The maximum absolute atomic E-state index is 8.35. The van der Waals surface area contributed by atoms with Gasteiger partial charge in [-0.05, 0) is 12.5 Å². The summed E-state index contributed by atoms with van der Waals surface area (Å²) >= 11 is 5.88. The molecule has 0 fully saturated rings. The Bertz CT molecular complexity index is 360. The molecule has 0 aliphatic carbocycles. The molecule has 0 saturated carbocycles. The van der Waals surface area contributed by atoms with E-state index in [0.717, 1.165) is 25.1 Å². The van der Waals surface area contributed by atoms with Gasteiger partial charge in [0.05, 0.1) is 6.07 Å². The highest BCUT2D eigenvalue weighted by Crippen LogP contribution is 2.15.